The summed E-state index contributed by atoms with van der Waals surface area (Å²) in [5.74, 6) is 0.315. The summed E-state index contributed by atoms with van der Waals surface area (Å²) in [6, 6.07) is 4.51. The Morgan fingerprint density at radius 1 is 1.44 bits per heavy atom. The summed E-state index contributed by atoms with van der Waals surface area (Å²) < 4.78 is 13.2. The SMILES string of the molecule is CCN(CC1CCC1)c1ccc(F)cc1C(C)=O. The van der Waals surface area contributed by atoms with Crippen molar-refractivity contribution in [2.45, 2.75) is 33.1 Å². The van der Waals surface area contributed by atoms with Crippen molar-refractivity contribution in [3.05, 3.63) is 29.6 Å². The molecule has 98 valence electrons. The number of carbonyl (C=O) groups excluding carboxylic acids is 1. The molecule has 1 fully saturated rings. The van der Waals surface area contributed by atoms with Crippen LogP contribution in [0.25, 0.3) is 0 Å². The van der Waals surface area contributed by atoms with Crippen LogP contribution >= 0.6 is 0 Å². The van der Waals surface area contributed by atoms with E-state index in [-0.39, 0.29) is 11.6 Å². The maximum atomic E-state index is 13.2. The number of halogens is 1. The Morgan fingerprint density at radius 2 is 2.17 bits per heavy atom. The highest BCUT2D eigenvalue weighted by Crippen LogP contribution is 2.30. The van der Waals surface area contributed by atoms with Gasteiger partial charge >= 0.3 is 0 Å². The van der Waals surface area contributed by atoms with Crippen LogP contribution in [-0.2, 0) is 0 Å². The molecule has 0 N–H and O–H groups in total. The Balaban J connectivity index is 2.25. The van der Waals surface area contributed by atoms with Crippen molar-refractivity contribution in [3.63, 3.8) is 0 Å². The fourth-order valence-electron chi connectivity index (χ4n) is 2.45. The Morgan fingerprint density at radius 3 is 2.67 bits per heavy atom. The van der Waals surface area contributed by atoms with E-state index in [0.29, 0.717) is 5.56 Å². The van der Waals surface area contributed by atoms with E-state index in [0.717, 1.165) is 24.7 Å². The number of benzene rings is 1. The van der Waals surface area contributed by atoms with E-state index in [1.807, 2.05) is 0 Å². The summed E-state index contributed by atoms with van der Waals surface area (Å²) >= 11 is 0. The van der Waals surface area contributed by atoms with E-state index in [9.17, 15) is 9.18 Å². The second-order valence-corrected chi connectivity index (χ2v) is 5.05. The molecule has 1 aromatic rings. The molecule has 0 aliphatic heterocycles. The summed E-state index contributed by atoms with van der Waals surface area (Å²) in [6.07, 6.45) is 3.85. The zero-order valence-electron chi connectivity index (χ0n) is 11.1. The number of ketones is 1. The maximum absolute atomic E-state index is 13.2. The van der Waals surface area contributed by atoms with Crippen LogP contribution in [0.15, 0.2) is 18.2 Å². The van der Waals surface area contributed by atoms with E-state index < -0.39 is 0 Å². The van der Waals surface area contributed by atoms with E-state index in [2.05, 4.69) is 11.8 Å². The fraction of sp³-hybridized carbons (Fsp3) is 0.533. The summed E-state index contributed by atoms with van der Waals surface area (Å²) in [5, 5.41) is 0. The monoisotopic (exact) mass is 249 g/mol. The normalized spacial score (nSPS) is 15.3. The van der Waals surface area contributed by atoms with Gasteiger partial charge in [0, 0.05) is 24.3 Å². The van der Waals surface area contributed by atoms with Gasteiger partial charge in [0.2, 0.25) is 0 Å². The number of carbonyl (C=O) groups is 1. The number of anilines is 1. The van der Waals surface area contributed by atoms with Crippen LogP contribution in [0.2, 0.25) is 0 Å². The van der Waals surface area contributed by atoms with Crippen molar-refractivity contribution in [3.8, 4) is 0 Å². The van der Waals surface area contributed by atoms with Gasteiger partial charge in [0.05, 0.1) is 0 Å². The molecule has 0 spiro atoms. The summed E-state index contributed by atoms with van der Waals surface area (Å²) in [6.45, 7) is 5.40. The quantitative estimate of drug-likeness (QED) is 0.742. The molecule has 0 heterocycles. The molecule has 1 aliphatic carbocycles. The molecule has 0 amide bonds. The Hall–Kier alpha value is -1.38. The van der Waals surface area contributed by atoms with Crippen LogP contribution in [0, 0.1) is 11.7 Å². The Labute approximate surface area is 108 Å². The van der Waals surface area contributed by atoms with E-state index in [1.165, 1.54) is 38.3 Å². The Bertz CT molecular complexity index is 440. The Kier molecular flexibility index (Phi) is 4.00. The molecule has 0 atom stereocenters. The number of hydrogen-bond acceptors (Lipinski definition) is 2. The first-order valence-electron chi connectivity index (χ1n) is 6.67. The number of nitrogens with zero attached hydrogens (tertiary/aromatic N) is 1. The van der Waals surface area contributed by atoms with Gasteiger partial charge in [-0.15, -0.1) is 0 Å². The van der Waals surface area contributed by atoms with Crippen molar-refractivity contribution < 1.29 is 9.18 Å². The zero-order chi connectivity index (χ0) is 13.1. The van der Waals surface area contributed by atoms with E-state index in [4.69, 9.17) is 0 Å². The van der Waals surface area contributed by atoms with Gasteiger partial charge in [0.1, 0.15) is 5.82 Å². The molecule has 1 saturated carbocycles. The largest absolute Gasteiger partial charge is 0.371 e. The first-order chi connectivity index (χ1) is 8.61. The van der Waals surface area contributed by atoms with Gasteiger partial charge in [-0.1, -0.05) is 6.42 Å². The van der Waals surface area contributed by atoms with E-state index in [1.54, 1.807) is 6.07 Å². The lowest BCUT2D eigenvalue weighted by molar-refractivity contribution is 0.101. The highest BCUT2D eigenvalue weighted by atomic mass is 19.1. The first kappa shape index (κ1) is 13.1. The van der Waals surface area contributed by atoms with E-state index >= 15 is 0 Å². The van der Waals surface area contributed by atoms with Crippen molar-refractivity contribution in [2.24, 2.45) is 5.92 Å². The predicted octanol–water partition coefficient (Wildman–Crippen LogP) is 3.65. The van der Waals surface area contributed by atoms with Crippen LogP contribution in [0.3, 0.4) is 0 Å². The van der Waals surface area contributed by atoms with Gasteiger partial charge in [-0.2, -0.15) is 0 Å². The number of hydrogen-bond donors (Lipinski definition) is 0. The van der Waals surface area contributed by atoms with Crippen molar-refractivity contribution in [1.82, 2.24) is 0 Å². The highest BCUT2D eigenvalue weighted by Gasteiger charge is 2.22. The highest BCUT2D eigenvalue weighted by molar-refractivity contribution is 5.99. The van der Waals surface area contributed by atoms with Gasteiger partial charge < -0.3 is 4.90 Å². The minimum atomic E-state index is -0.344. The molecule has 0 saturated heterocycles. The number of rotatable bonds is 5. The molecule has 0 bridgehead atoms. The molecular formula is C15H20FNO. The van der Waals surface area contributed by atoms with Gasteiger partial charge in [-0.3, -0.25) is 4.79 Å². The molecule has 0 unspecified atom stereocenters. The molecular weight excluding hydrogens is 229 g/mol. The topological polar surface area (TPSA) is 20.3 Å². The molecule has 1 aliphatic rings. The average Bonchev–Trinajstić information content (AvgIpc) is 2.28. The second-order valence-electron chi connectivity index (χ2n) is 5.05. The van der Waals surface area contributed by atoms with Crippen LogP contribution in [0.5, 0.6) is 0 Å². The van der Waals surface area contributed by atoms with Crippen molar-refractivity contribution in [2.75, 3.05) is 18.0 Å². The summed E-state index contributed by atoms with van der Waals surface area (Å²) in [5.41, 5.74) is 1.37. The van der Waals surface area contributed by atoms with Gasteiger partial charge in [-0.25, -0.2) is 4.39 Å². The van der Waals surface area contributed by atoms with Gasteiger partial charge in [0.15, 0.2) is 5.78 Å². The molecule has 2 nitrogen and oxygen atoms in total. The lowest BCUT2D eigenvalue weighted by Crippen LogP contribution is -2.33. The molecule has 3 heteroatoms. The average molecular weight is 249 g/mol. The summed E-state index contributed by atoms with van der Waals surface area (Å²) in [4.78, 5) is 13.8. The molecule has 0 radical (unpaired) electrons. The van der Waals surface area contributed by atoms with Gasteiger partial charge in [0.25, 0.3) is 0 Å². The van der Waals surface area contributed by atoms with Crippen LogP contribution < -0.4 is 4.90 Å². The molecule has 0 aromatic heterocycles. The van der Waals surface area contributed by atoms with Crippen molar-refractivity contribution >= 4 is 11.5 Å². The smallest absolute Gasteiger partial charge is 0.161 e. The van der Waals surface area contributed by atoms with Crippen LogP contribution in [0.1, 0.15) is 43.5 Å². The maximum Gasteiger partial charge on any atom is 0.161 e. The third-order valence-electron chi connectivity index (χ3n) is 3.76. The van der Waals surface area contributed by atoms with Crippen molar-refractivity contribution in [1.29, 1.82) is 0 Å². The lowest BCUT2D eigenvalue weighted by Gasteiger charge is -2.34. The molecule has 1 aromatic carbocycles. The van der Waals surface area contributed by atoms with Crippen LogP contribution in [-0.4, -0.2) is 18.9 Å². The number of Topliss-reactive ketones (excluding diaryl/α,β-unsaturated/α-hetero) is 1. The minimum Gasteiger partial charge on any atom is -0.371 e. The minimum absolute atomic E-state index is 0.0726. The molecule has 18 heavy (non-hydrogen) atoms. The van der Waals surface area contributed by atoms with Crippen LogP contribution in [0.4, 0.5) is 10.1 Å². The third-order valence-corrected chi connectivity index (χ3v) is 3.76. The lowest BCUT2D eigenvalue weighted by atomic mass is 9.85. The summed E-state index contributed by atoms with van der Waals surface area (Å²) in [7, 11) is 0. The first-order valence-corrected chi connectivity index (χ1v) is 6.67. The third kappa shape index (κ3) is 2.71. The predicted molar refractivity (Wildman–Crippen MR) is 71.6 cm³/mol. The zero-order valence-corrected chi connectivity index (χ0v) is 11.1. The molecule has 2 rings (SSSR count). The fourth-order valence-corrected chi connectivity index (χ4v) is 2.45. The second kappa shape index (κ2) is 5.51. The van der Waals surface area contributed by atoms with Gasteiger partial charge in [-0.05, 0) is 50.8 Å². The standard InChI is InChI=1S/C15H20FNO/c1-3-17(10-12-5-4-6-12)15-8-7-13(16)9-14(15)11(2)18/h7-9,12H,3-6,10H2,1-2H3.